The molecule has 3 atom stereocenters. The fraction of sp³-hybridized carbons (Fsp3) is 0.609. The molecule has 2 heterocycles. The number of fused-ring (bicyclic) bond motifs is 3. The van der Waals surface area contributed by atoms with E-state index in [4.69, 9.17) is 0 Å². The first-order valence-electron chi connectivity index (χ1n) is 10.9. The molecule has 2 fully saturated rings. The van der Waals surface area contributed by atoms with Crippen molar-refractivity contribution in [2.45, 2.75) is 81.6 Å². The lowest BCUT2D eigenvalue weighted by molar-refractivity contribution is -0.133. The number of rotatable bonds is 5. The fourth-order valence-corrected chi connectivity index (χ4v) is 6.52. The van der Waals surface area contributed by atoms with E-state index in [2.05, 4.69) is 10.6 Å². The molecule has 7 heteroatoms. The minimum Gasteiger partial charge on any atom is -0.352 e. The fourth-order valence-electron chi connectivity index (χ4n) is 4.93. The van der Waals surface area contributed by atoms with Crippen molar-refractivity contribution in [3.63, 3.8) is 0 Å². The zero-order valence-electron chi connectivity index (χ0n) is 18.1. The molecule has 0 bridgehead atoms. The molecule has 6 nitrogen and oxygen atoms in total. The summed E-state index contributed by atoms with van der Waals surface area (Å²) in [6.45, 7) is 7.87. The monoisotopic (exact) mass is 429 g/mol. The van der Waals surface area contributed by atoms with Gasteiger partial charge in [-0.1, -0.05) is 44.9 Å². The van der Waals surface area contributed by atoms with Crippen molar-refractivity contribution in [1.82, 2.24) is 15.5 Å². The topological polar surface area (TPSA) is 78.5 Å². The van der Waals surface area contributed by atoms with Gasteiger partial charge >= 0.3 is 0 Å². The van der Waals surface area contributed by atoms with Gasteiger partial charge in [-0.3, -0.25) is 14.4 Å². The van der Waals surface area contributed by atoms with E-state index in [1.807, 2.05) is 52.0 Å². The predicted octanol–water partition coefficient (Wildman–Crippen LogP) is 3.23. The molecule has 0 unspecified atom stereocenters. The van der Waals surface area contributed by atoms with Crippen LogP contribution in [0.3, 0.4) is 0 Å². The molecule has 4 rings (SSSR count). The van der Waals surface area contributed by atoms with Gasteiger partial charge in [0.15, 0.2) is 0 Å². The summed E-state index contributed by atoms with van der Waals surface area (Å²) in [5.41, 5.74) is 1.64. The van der Waals surface area contributed by atoms with E-state index in [0.717, 1.165) is 31.2 Å². The molecule has 3 amide bonds. The van der Waals surface area contributed by atoms with Gasteiger partial charge in [0, 0.05) is 16.4 Å². The standard InChI is InChI=1S/C23H31N3O3S/c1-13(2)17(19(27)24-14-9-5-6-10-14)25-20(28)18-23(3,4)30-22-16-12-8-7-11-15(16)21(29)26(18)22/h7-8,11-14,17-18,22H,5-6,9-10H2,1-4H3,(H,24,27)(H,25,28)/t17-,18+,22+/m0/s1. The number of nitrogens with zero attached hydrogens (tertiary/aromatic N) is 1. The van der Waals surface area contributed by atoms with E-state index in [1.165, 1.54) is 0 Å². The largest absolute Gasteiger partial charge is 0.352 e. The Kier molecular flexibility index (Phi) is 5.60. The van der Waals surface area contributed by atoms with Gasteiger partial charge in [0.2, 0.25) is 11.8 Å². The maximum absolute atomic E-state index is 13.5. The highest BCUT2D eigenvalue weighted by Gasteiger charge is 2.57. The molecule has 30 heavy (non-hydrogen) atoms. The van der Waals surface area contributed by atoms with Crippen LogP contribution in [0.4, 0.5) is 0 Å². The first-order valence-corrected chi connectivity index (χ1v) is 11.8. The van der Waals surface area contributed by atoms with Crippen molar-refractivity contribution >= 4 is 29.5 Å². The Morgan fingerprint density at radius 2 is 1.83 bits per heavy atom. The third-order valence-corrected chi connectivity index (χ3v) is 8.03. The van der Waals surface area contributed by atoms with Crippen LogP contribution in [0.1, 0.15) is 74.7 Å². The first-order chi connectivity index (χ1) is 14.2. The number of benzene rings is 1. The van der Waals surface area contributed by atoms with Gasteiger partial charge < -0.3 is 15.5 Å². The van der Waals surface area contributed by atoms with Gasteiger partial charge in [-0.05, 0) is 44.2 Å². The number of carbonyl (C=O) groups is 3. The molecule has 1 aromatic rings. The summed E-state index contributed by atoms with van der Waals surface area (Å²) < 4.78 is -0.457. The average molecular weight is 430 g/mol. The molecule has 1 saturated heterocycles. The highest BCUT2D eigenvalue weighted by atomic mass is 32.2. The molecule has 0 spiro atoms. The van der Waals surface area contributed by atoms with Crippen molar-refractivity contribution in [1.29, 1.82) is 0 Å². The summed E-state index contributed by atoms with van der Waals surface area (Å²) in [6.07, 6.45) is 4.27. The van der Waals surface area contributed by atoms with Crippen LogP contribution >= 0.6 is 11.8 Å². The van der Waals surface area contributed by atoms with E-state index in [1.54, 1.807) is 16.7 Å². The molecule has 0 aromatic heterocycles. The minimum absolute atomic E-state index is 0.0465. The van der Waals surface area contributed by atoms with Gasteiger partial charge in [0.05, 0.1) is 0 Å². The Labute approximate surface area is 182 Å². The van der Waals surface area contributed by atoms with Crippen LogP contribution in [-0.2, 0) is 9.59 Å². The molecule has 2 N–H and O–H groups in total. The smallest absolute Gasteiger partial charge is 0.256 e. The van der Waals surface area contributed by atoms with E-state index in [0.29, 0.717) is 5.56 Å². The predicted molar refractivity (Wildman–Crippen MR) is 118 cm³/mol. The molecular formula is C23H31N3O3S. The number of nitrogens with one attached hydrogen (secondary N) is 2. The van der Waals surface area contributed by atoms with E-state index in [-0.39, 0.29) is 35.1 Å². The third kappa shape index (κ3) is 3.61. The summed E-state index contributed by atoms with van der Waals surface area (Å²) in [6, 6.07) is 6.53. The molecular weight excluding hydrogens is 398 g/mol. The maximum atomic E-state index is 13.5. The van der Waals surface area contributed by atoms with Crippen LogP contribution in [-0.4, -0.2) is 45.5 Å². The molecule has 0 radical (unpaired) electrons. The van der Waals surface area contributed by atoms with Crippen LogP contribution in [0, 0.1) is 5.92 Å². The van der Waals surface area contributed by atoms with Crippen molar-refractivity contribution in [2.75, 3.05) is 0 Å². The van der Waals surface area contributed by atoms with E-state index in [9.17, 15) is 14.4 Å². The van der Waals surface area contributed by atoms with Gasteiger partial charge in [-0.2, -0.15) is 0 Å². The van der Waals surface area contributed by atoms with Gasteiger partial charge in [-0.25, -0.2) is 0 Å². The van der Waals surface area contributed by atoms with Crippen molar-refractivity contribution in [3.05, 3.63) is 35.4 Å². The summed E-state index contributed by atoms with van der Waals surface area (Å²) in [7, 11) is 0. The highest BCUT2D eigenvalue weighted by Crippen LogP contribution is 2.56. The normalized spacial score (nSPS) is 25.9. The van der Waals surface area contributed by atoms with Crippen LogP contribution in [0.15, 0.2) is 24.3 Å². The van der Waals surface area contributed by atoms with Gasteiger partial charge in [0.25, 0.3) is 5.91 Å². The quantitative estimate of drug-likeness (QED) is 0.753. The number of carbonyl (C=O) groups excluding carboxylic acids is 3. The Hall–Kier alpha value is -2.02. The molecule has 2 aliphatic heterocycles. The maximum Gasteiger partial charge on any atom is 0.256 e. The van der Waals surface area contributed by atoms with Crippen LogP contribution in [0.5, 0.6) is 0 Å². The average Bonchev–Trinajstić information content (AvgIpc) is 3.35. The second kappa shape index (κ2) is 7.91. The number of thioether (sulfide) groups is 1. The van der Waals surface area contributed by atoms with Crippen LogP contribution < -0.4 is 10.6 Å². The van der Waals surface area contributed by atoms with E-state index < -0.39 is 16.8 Å². The Morgan fingerprint density at radius 3 is 2.50 bits per heavy atom. The van der Waals surface area contributed by atoms with Crippen molar-refractivity contribution in [3.8, 4) is 0 Å². The second-order valence-corrected chi connectivity index (χ2v) is 11.2. The molecule has 1 aliphatic carbocycles. The summed E-state index contributed by atoms with van der Waals surface area (Å²) in [4.78, 5) is 41.2. The Morgan fingerprint density at radius 1 is 1.17 bits per heavy atom. The van der Waals surface area contributed by atoms with Crippen molar-refractivity contribution < 1.29 is 14.4 Å². The second-order valence-electron chi connectivity index (χ2n) is 9.50. The number of amides is 3. The van der Waals surface area contributed by atoms with Gasteiger partial charge in [-0.15, -0.1) is 11.8 Å². The molecule has 3 aliphatic rings. The zero-order valence-corrected chi connectivity index (χ0v) is 18.9. The first kappa shape index (κ1) is 21.2. The summed E-state index contributed by atoms with van der Waals surface area (Å²) in [5, 5.41) is 5.93. The molecule has 1 saturated carbocycles. The van der Waals surface area contributed by atoms with Crippen LogP contribution in [0.2, 0.25) is 0 Å². The summed E-state index contributed by atoms with van der Waals surface area (Å²) >= 11 is 1.64. The lowest BCUT2D eigenvalue weighted by Gasteiger charge is -2.32. The van der Waals surface area contributed by atoms with Crippen LogP contribution in [0.25, 0.3) is 0 Å². The summed E-state index contributed by atoms with van der Waals surface area (Å²) in [5.74, 6) is -0.530. The van der Waals surface area contributed by atoms with Gasteiger partial charge in [0.1, 0.15) is 17.5 Å². The lowest BCUT2D eigenvalue weighted by Crippen LogP contribution is -2.58. The Bertz CT molecular complexity index is 863. The lowest BCUT2D eigenvalue weighted by atomic mass is 9.98. The third-order valence-electron chi connectivity index (χ3n) is 6.49. The minimum atomic E-state index is -0.632. The van der Waals surface area contributed by atoms with E-state index >= 15 is 0 Å². The Balaban J connectivity index is 1.54. The highest BCUT2D eigenvalue weighted by molar-refractivity contribution is 8.01. The van der Waals surface area contributed by atoms with Crippen molar-refractivity contribution in [2.24, 2.45) is 5.92 Å². The molecule has 1 aromatic carbocycles. The SMILES string of the molecule is CC(C)[C@H](NC(=O)[C@H]1N2C(=O)c3ccccc3[C@H]2SC1(C)C)C(=O)NC1CCCC1. The zero-order chi connectivity index (χ0) is 21.6. The molecule has 162 valence electrons. The number of hydrogen-bond donors (Lipinski definition) is 2. The number of hydrogen-bond acceptors (Lipinski definition) is 4.